The lowest BCUT2D eigenvalue weighted by Crippen LogP contribution is -2.33. The molecule has 0 aliphatic heterocycles. The van der Waals surface area contributed by atoms with Crippen LogP contribution in [0.1, 0.15) is 13.8 Å². The van der Waals surface area contributed by atoms with Crippen LogP contribution in [-0.4, -0.2) is 21.7 Å². The van der Waals surface area contributed by atoms with Crippen LogP contribution in [0.15, 0.2) is 18.5 Å². The number of nitrogens with zero attached hydrogens (tertiary/aromatic N) is 2. The van der Waals surface area contributed by atoms with Gasteiger partial charge >= 0.3 is 0 Å². The number of carbonyl (C=O) groups excluding carboxylic acids is 1. The molecule has 0 aliphatic carbocycles. The minimum atomic E-state index is -0.00583. The molecule has 0 fully saturated rings. The molecule has 0 radical (unpaired) electrons. The average Bonchev–Trinajstić information content (AvgIpc) is 2.37. The maximum absolute atomic E-state index is 11.1. The zero-order valence-corrected chi connectivity index (χ0v) is 7.32. The van der Waals surface area contributed by atoms with Gasteiger partial charge in [-0.05, 0) is 19.9 Å². The molecule has 1 heterocycles. The molecular formula is C8H13N3O. The Morgan fingerprint density at radius 2 is 2.42 bits per heavy atom. The van der Waals surface area contributed by atoms with E-state index in [2.05, 4.69) is 10.4 Å². The molecule has 1 amide bonds. The quantitative estimate of drug-likeness (QED) is 0.708. The Labute approximate surface area is 71.6 Å². The van der Waals surface area contributed by atoms with Crippen LogP contribution in [0.4, 0.5) is 0 Å². The third-order valence-corrected chi connectivity index (χ3v) is 1.31. The first-order chi connectivity index (χ1) is 5.68. The maximum Gasteiger partial charge on any atom is 0.241 e. The highest BCUT2D eigenvalue weighted by Gasteiger charge is 2.02. The van der Waals surface area contributed by atoms with Gasteiger partial charge in [0.15, 0.2) is 0 Å². The maximum atomic E-state index is 11.1. The van der Waals surface area contributed by atoms with Gasteiger partial charge in [-0.1, -0.05) is 0 Å². The van der Waals surface area contributed by atoms with Crippen LogP contribution in [0, 0.1) is 0 Å². The van der Waals surface area contributed by atoms with Crippen molar-refractivity contribution in [2.45, 2.75) is 26.4 Å². The third kappa shape index (κ3) is 2.74. The van der Waals surface area contributed by atoms with Gasteiger partial charge in [-0.3, -0.25) is 9.48 Å². The van der Waals surface area contributed by atoms with Crippen molar-refractivity contribution >= 4 is 5.91 Å². The normalized spacial score (nSPS) is 10.2. The summed E-state index contributed by atoms with van der Waals surface area (Å²) in [7, 11) is 0. The van der Waals surface area contributed by atoms with E-state index in [0.29, 0.717) is 6.54 Å². The summed E-state index contributed by atoms with van der Waals surface area (Å²) < 4.78 is 1.59. The number of hydrogen-bond donors (Lipinski definition) is 1. The Morgan fingerprint density at radius 3 is 2.92 bits per heavy atom. The van der Waals surface area contributed by atoms with Crippen molar-refractivity contribution in [2.24, 2.45) is 0 Å². The van der Waals surface area contributed by atoms with E-state index in [1.54, 1.807) is 23.1 Å². The fourth-order valence-corrected chi connectivity index (χ4v) is 0.909. The largest absolute Gasteiger partial charge is 0.352 e. The molecule has 1 aromatic heterocycles. The molecule has 66 valence electrons. The highest BCUT2D eigenvalue weighted by atomic mass is 16.2. The molecule has 4 heteroatoms. The number of hydrogen-bond acceptors (Lipinski definition) is 2. The van der Waals surface area contributed by atoms with Crippen molar-refractivity contribution in [2.75, 3.05) is 0 Å². The molecular weight excluding hydrogens is 154 g/mol. The number of nitrogens with one attached hydrogen (secondary N) is 1. The first-order valence-electron chi connectivity index (χ1n) is 3.95. The Morgan fingerprint density at radius 1 is 1.67 bits per heavy atom. The van der Waals surface area contributed by atoms with Crippen LogP contribution in [-0.2, 0) is 11.3 Å². The molecule has 0 bridgehead atoms. The lowest BCUT2D eigenvalue weighted by atomic mass is 10.4. The van der Waals surface area contributed by atoms with E-state index in [1.807, 2.05) is 13.8 Å². The minimum Gasteiger partial charge on any atom is -0.352 e. The van der Waals surface area contributed by atoms with Crippen molar-refractivity contribution in [3.05, 3.63) is 18.5 Å². The van der Waals surface area contributed by atoms with Crippen molar-refractivity contribution in [3.8, 4) is 0 Å². The fraction of sp³-hybridized carbons (Fsp3) is 0.500. The van der Waals surface area contributed by atoms with Crippen LogP contribution in [0.2, 0.25) is 0 Å². The van der Waals surface area contributed by atoms with E-state index < -0.39 is 0 Å². The van der Waals surface area contributed by atoms with Crippen LogP contribution >= 0.6 is 0 Å². The number of aromatic nitrogens is 2. The summed E-state index contributed by atoms with van der Waals surface area (Å²) in [5.41, 5.74) is 0. The summed E-state index contributed by atoms with van der Waals surface area (Å²) >= 11 is 0. The summed E-state index contributed by atoms with van der Waals surface area (Å²) in [4.78, 5) is 11.1. The van der Waals surface area contributed by atoms with Gasteiger partial charge in [-0.15, -0.1) is 0 Å². The molecule has 4 nitrogen and oxygen atoms in total. The van der Waals surface area contributed by atoms with E-state index in [4.69, 9.17) is 0 Å². The van der Waals surface area contributed by atoms with Gasteiger partial charge in [0.25, 0.3) is 0 Å². The van der Waals surface area contributed by atoms with Crippen LogP contribution in [0.5, 0.6) is 0 Å². The van der Waals surface area contributed by atoms with E-state index in [-0.39, 0.29) is 11.9 Å². The molecule has 0 saturated carbocycles. The molecule has 0 spiro atoms. The summed E-state index contributed by atoms with van der Waals surface area (Å²) in [6, 6.07) is 1.98. The second-order valence-corrected chi connectivity index (χ2v) is 2.93. The van der Waals surface area contributed by atoms with Crippen LogP contribution in [0.3, 0.4) is 0 Å². The lowest BCUT2D eigenvalue weighted by molar-refractivity contribution is -0.122. The standard InChI is InChI=1S/C8H13N3O/c1-7(2)10-8(12)6-11-5-3-4-9-11/h3-5,7H,6H2,1-2H3,(H,10,12). The summed E-state index contributed by atoms with van der Waals surface area (Å²) in [6.45, 7) is 4.16. The first kappa shape index (κ1) is 8.77. The van der Waals surface area contributed by atoms with Gasteiger partial charge in [0.2, 0.25) is 5.91 Å². The molecule has 0 aliphatic rings. The lowest BCUT2D eigenvalue weighted by Gasteiger charge is -2.07. The molecule has 0 aromatic carbocycles. The van der Waals surface area contributed by atoms with E-state index in [0.717, 1.165) is 0 Å². The zero-order valence-electron chi connectivity index (χ0n) is 7.32. The van der Waals surface area contributed by atoms with Crippen LogP contribution < -0.4 is 5.32 Å². The SMILES string of the molecule is CC(C)NC(=O)Cn1cccn1. The topological polar surface area (TPSA) is 46.9 Å². The summed E-state index contributed by atoms with van der Waals surface area (Å²) in [6.07, 6.45) is 3.42. The van der Waals surface area contributed by atoms with Gasteiger partial charge < -0.3 is 5.32 Å². The van der Waals surface area contributed by atoms with Gasteiger partial charge in [0, 0.05) is 18.4 Å². The van der Waals surface area contributed by atoms with Crippen molar-refractivity contribution < 1.29 is 4.79 Å². The Balaban J connectivity index is 2.37. The van der Waals surface area contributed by atoms with E-state index >= 15 is 0 Å². The summed E-state index contributed by atoms with van der Waals surface area (Å²) in [5, 5.41) is 6.70. The molecule has 1 N–H and O–H groups in total. The van der Waals surface area contributed by atoms with Crippen molar-refractivity contribution in [3.63, 3.8) is 0 Å². The summed E-state index contributed by atoms with van der Waals surface area (Å²) in [5.74, 6) is -0.00583. The Kier molecular flexibility index (Phi) is 2.85. The number of carbonyl (C=O) groups is 1. The second-order valence-electron chi connectivity index (χ2n) is 2.93. The predicted octanol–water partition coefficient (Wildman–Crippen LogP) is 0.408. The monoisotopic (exact) mass is 167 g/mol. The van der Waals surface area contributed by atoms with E-state index in [1.165, 1.54) is 0 Å². The minimum absolute atomic E-state index is 0.00583. The number of rotatable bonds is 3. The predicted molar refractivity (Wildman–Crippen MR) is 45.5 cm³/mol. The first-order valence-corrected chi connectivity index (χ1v) is 3.95. The van der Waals surface area contributed by atoms with E-state index in [9.17, 15) is 4.79 Å². The third-order valence-electron chi connectivity index (χ3n) is 1.31. The Bertz CT molecular complexity index is 241. The van der Waals surface area contributed by atoms with Crippen LogP contribution in [0.25, 0.3) is 0 Å². The molecule has 1 rings (SSSR count). The molecule has 1 aromatic rings. The fourth-order valence-electron chi connectivity index (χ4n) is 0.909. The Hall–Kier alpha value is -1.32. The molecule has 0 saturated heterocycles. The average molecular weight is 167 g/mol. The van der Waals surface area contributed by atoms with Gasteiger partial charge in [-0.25, -0.2) is 0 Å². The zero-order chi connectivity index (χ0) is 8.97. The van der Waals surface area contributed by atoms with Gasteiger partial charge in [0.05, 0.1) is 0 Å². The second kappa shape index (κ2) is 3.90. The highest BCUT2D eigenvalue weighted by molar-refractivity contribution is 5.75. The van der Waals surface area contributed by atoms with Gasteiger partial charge in [-0.2, -0.15) is 5.10 Å². The van der Waals surface area contributed by atoms with Crippen molar-refractivity contribution in [1.29, 1.82) is 0 Å². The molecule has 12 heavy (non-hydrogen) atoms. The highest BCUT2D eigenvalue weighted by Crippen LogP contribution is 1.85. The van der Waals surface area contributed by atoms with Crippen molar-refractivity contribution in [1.82, 2.24) is 15.1 Å². The molecule has 0 unspecified atom stereocenters. The molecule has 0 atom stereocenters. The van der Waals surface area contributed by atoms with Gasteiger partial charge in [0.1, 0.15) is 6.54 Å². The smallest absolute Gasteiger partial charge is 0.241 e. The number of amides is 1.